The molecule has 0 fully saturated rings. The van der Waals surface area contributed by atoms with Gasteiger partial charge in [0.05, 0.1) is 0 Å². The summed E-state index contributed by atoms with van der Waals surface area (Å²) < 4.78 is 0. The fraction of sp³-hybridized carbons (Fsp3) is 0.615. The predicted molar refractivity (Wildman–Crippen MR) is 76.3 cm³/mol. The van der Waals surface area contributed by atoms with Crippen LogP contribution >= 0.6 is 0 Å². The van der Waals surface area contributed by atoms with Gasteiger partial charge in [-0.3, -0.25) is 9.78 Å². The fourth-order valence-corrected chi connectivity index (χ4v) is 1.15. The summed E-state index contributed by atoms with van der Waals surface area (Å²) in [5.41, 5.74) is 4.88. The van der Waals surface area contributed by atoms with E-state index in [1.54, 1.807) is 6.07 Å². The molecule has 0 spiro atoms. The van der Waals surface area contributed by atoms with E-state index >= 15 is 0 Å². The normalized spacial score (nSPS) is 8.16. The average molecular weight is 292 g/mol. The van der Waals surface area contributed by atoms with Gasteiger partial charge in [-0.2, -0.15) is 0 Å². The Morgan fingerprint density at radius 1 is 1.26 bits per heavy atom. The molecule has 1 heterocycles. The van der Waals surface area contributed by atoms with Gasteiger partial charge in [0.2, 0.25) is 0 Å². The third kappa shape index (κ3) is 11.7. The summed E-state index contributed by atoms with van der Waals surface area (Å²) in [4.78, 5) is 18.2. The summed E-state index contributed by atoms with van der Waals surface area (Å²) in [7, 11) is 1.50. The SMILES string of the molecule is CC.CCC(CC)[N-]c1cc(C=O)ncn1.CN.[K+]. The van der Waals surface area contributed by atoms with Gasteiger partial charge in [-0.15, -0.1) is 0 Å². The van der Waals surface area contributed by atoms with E-state index in [0.29, 0.717) is 17.8 Å². The number of carbonyl (C=O) groups excluding carboxylic acids is 1. The molecule has 0 saturated heterocycles. The molecule has 0 radical (unpaired) electrons. The van der Waals surface area contributed by atoms with E-state index in [1.807, 2.05) is 13.8 Å². The molecule has 0 atom stereocenters. The minimum Gasteiger partial charge on any atom is -0.462 e. The van der Waals surface area contributed by atoms with E-state index in [4.69, 9.17) is 0 Å². The molecule has 0 aliphatic rings. The van der Waals surface area contributed by atoms with Crippen LogP contribution in [0.4, 0.5) is 5.82 Å². The maximum Gasteiger partial charge on any atom is 1.00 e. The number of nitrogens with two attached hydrogens (primary N) is 1. The topological polar surface area (TPSA) is 83.0 Å². The van der Waals surface area contributed by atoms with Crippen LogP contribution in [0.2, 0.25) is 0 Å². The van der Waals surface area contributed by atoms with Crippen molar-refractivity contribution < 1.29 is 56.2 Å². The molecule has 1 aromatic heterocycles. The Morgan fingerprint density at radius 3 is 2.21 bits per heavy atom. The largest absolute Gasteiger partial charge is 1.00 e. The van der Waals surface area contributed by atoms with Crippen LogP contribution in [0.15, 0.2) is 12.4 Å². The zero-order valence-electron chi connectivity index (χ0n) is 13.1. The van der Waals surface area contributed by atoms with E-state index in [2.05, 4.69) is 34.9 Å². The van der Waals surface area contributed by atoms with Crippen molar-refractivity contribution in [3.63, 3.8) is 0 Å². The van der Waals surface area contributed by atoms with Crippen molar-refractivity contribution in [3.8, 4) is 0 Å². The monoisotopic (exact) mass is 292 g/mol. The van der Waals surface area contributed by atoms with Crippen LogP contribution in [0.25, 0.3) is 5.32 Å². The standard InChI is InChI=1S/C10H14N3O.C2H6.CH5N.K/c1-3-8(4-2)13-10-5-9(6-14)11-7-12-10;2*1-2;/h5-8H,3-4H2,1-2H3;1-2H3;2H2,1H3;/q-1;;;+1. The second-order valence-electron chi connectivity index (χ2n) is 3.02. The van der Waals surface area contributed by atoms with Crippen molar-refractivity contribution >= 4 is 12.1 Å². The molecule has 0 amide bonds. The number of hydrogen-bond acceptors (Lipinski definition) is 4. The number of rotatable bonds is 5. The molecular formula is C13H25KN4O. The Morgan fingerprint density at radius 2 is 1.79 bits per heavy atom. The summed E-state index contributed by atoms with van der Waals surface area (Å²) in [6.45, 7) is 8.17. The first-order valence-electron chi connectivity index (χ1n) is 6.36. The van der Waals surface area contributed by atoms with E-state index in [9.17, 15) is 4.79 Å². The van der Waals surface area contributed by atoms with Gasteiger partial charge in [-0.1, -0.05) is 46.4 Å². The Balaban J connectivity index is -0.000000467. The summed E-state index contributed by atoms with van der Waals surface area (Å²) >= 11 is 0. The molecule has 0 saturated carbocycles. The summed E-state index contributed by atoms with van der Waals surface area (Å²) in [5.74, 6) is 0.593. The summed E-state index contributed by atoms with van der Waals surface area (Å²) in [6, 6.07) is 1.88. The van der Waals surface area contributed by atoms with Crippen LogP contribution in [0.1, 0.15) is 51.0 Å². The van der Waals surface area contributed by atoms with Gasteiger partial charge in [-0.25, -0.2) is 0 Å². The third-order valence-corrected chi connectivity index (χ3v) is 2.05. The van der Waals surface area contributed by atoms with E-state index < -0.39 is 0 Å². The van der Waals surface area contributed by atoms with Crippen molar-refractivity contribution in [1.29, 1.82) is 0 Å². The molecule has 0 aliphatic heterocycles. The average Bonchev–Trinajstić information content (AvgIpc) is 2.49. The summed E-state index contributed by atoms with van der Waals surface area (Å²) in [5, 5.41) is 4.39. The molecular weight excluding hydrogens is 267 g/mol. The first-order chi connectivity index (χ1) is 8.80. The maximum atomic E-state index is 10.5. The van der Waals surface area contributed by atoms with Gasteiger partial charge in [0, 0.05) is 6.33 Å². The van der Waals surface area contributed by atoms with Gasteiger partial charge in [0.1, 0.15) is 5.69 Å². The van der Waals surface area contributed by atoms with Gasteiger partial charge in [0.15, 0.2) is 6.29 Å². The molecule has 0 aliphatic carbocycles. The van der Waals surface area contributed by atoms with Gasteiger partial charge in [0.25, 0.3) is 0 Å². The number of aromatic nitrogens is 2. The van der Waals surface area contributed by atoms with Crippen molar-refractivity contribution in [2.45, 2.75) is 46.6 Å². The van der Waals surface area contributed by atoms with Crippen LogP contribution in [0, 0.1) is 0 Å². The molecule has 104 valence electrons. The Bertz CT molecular complexity index is 306. The van der Waals surface area contributed by atoms with E-state index in [-0.39, 0.29) is 57.4 Å². The predicted octanol–water partition coefficient (Wildman–Crippen LogP) is 0.0880. The van der Waals surface area contributed by atoms with E-state index in [1.165, 1.54) is 13.4 Å². The van der Waals surface area contributed by atoms with Crippen molar-refractivity contribution in [2.24, 2.45) is 5.73 Å². The van der Waals surface area contributed by atoms with Crippen molar-refractivity contribution in [1.82, 2.24) is 9.97 Å². The minimum absolute atomic E-state index is 0. The first kappa shape index (κ1) is 24.2. The van der Waals surface area contributed by atoms with Crippen LogP contribution in [-0.4, -0.2) is 29.3 Å². The van der Waals surface area contributed by atoms with Gasteiger partial charge in [-0.05, 0) is 19.2 Å². The Labute approximate surface area is 159 Å². The number of nitrogens with zero attached hydrogens (tertiary/aromatic N) is 3. The van der Waals surface area contributed by atoms with Crippen LogP contribution in [-0.2, 0) is 0 Å². The molecule has 0 bridgehead atoms. The molecule has 0 unspecified atom stereocenters. The molecule has 5 nitrogen and oxygen atoms in total. The van der Waals surface area contributed by atoms with Crippen LogP contribution in [0.5, 0.6) is 0 Å². The first-order valence-corrected chi connectivity index (χ1v) is 6.36. The van der Waals surface area contributed by atoms with Gasteiger partial charge >= 0.3 is 51.4 Å². The second kappa shape index (κ2) is 18.1. The van der Waals surface area contributed by atoms with Crippen LogP contribution in [0.3, 0.4) is 0 Å². The number of aldehydes is 1. The molecule has 2 N–H and O–H groups in total. The van der Waals surface area contributed by atoms with Gasteiger partial charge < -0.3 is 16.0 Å². The maximum absolute atomic E-state index is 10.5. The smallest absolute Gasteiger partial charge is 0.462 e. The molecule has 1 rings (SSSR count). The molecule has 0 aromatic carbocycles. The van der Waals surface area contributed by atoms with Crippen molar-refractivity contribution in [3.05, 3.63) is 23.4 Å². The number of carbonyl (C=O) groups is 1. The zero-order valence-corrected chi connectivity index (χ0v) is 16.2. The Kier molecular flexibility index (Phi) is 23.1. The fourth-order valence-electron chi connectivity index (χ4n) is 1.15. The minimum atomic E-state index is 0. The molecule has 19 heavy (non-hydrogen) atoms. The Hall–Kier alpha value is 0.146. The number of hydrogen-bond donors (Lipinski definition) is 1. The molecule has 1 aromatic rings. The van der Waals surface area contributed by atoms with Crippen LogP contribution < -0.4 is 57.1 Å². The molecule has 6 heteroatoms. The summed E-state index contributed by atoms with van der Waals surface area (Å²) in [6.07, 6.45) is 4.03. The second-order valence-corrected chi connectivity index (χ2v) is 3.02. The zero-order chi connectivity index (χ0) is 14.4. The third-order valence-electron chi connectivity index (χ3n) is 2.05. The van der Waals surface area contributed by atoms with Crippen molar-refractivity contribution in [2.75, 3.05) is 7.05 Å². The van der Waals surface area contributed by atoms with E-state index in [0.717, 1.165) is 12.8 Å². The quantitative estimate of drug-likeness (QED) is 0.616.